The van der Waals surface area contributed by atoms with Crippen LogP contribution >= 0.6 is 11.6 Å². The molecule has 0 aliphatic carbocycles. The van der Waals surface area contributed by atoms with Gasteiger partial charge in [0.2, 0.25) is 21.8 Å². The minimum absolute atomic E-state index is 0.0536. The van der Waals surface area contributed by atoms with Crippen LogP contribution in [0.1, 0.15) is 24.0 Å². The van der Waals surface area contributed by atoms with Gasteiger partial charge in [0.25, 0.3) is 0 Å². The molecule has 0 aromatic heterocycles. The van der Waals surface area contributed by atoms with Gasteiger partial charge >= 0.3 is 0 Å². The van der Waals surface area contributed by atoms with Crippen LogP contribution in [0.25, 0.3) is 0 Å². The van der Waals surface area contributed by atoms with E-state index < -0.39 is 16.1 Å². The molecule has 3 aromatic rings. The predicted molar refractivity (Wildman–Crippen MR) is 154 cm³/mol. The van der Waals surface area contributed by atoms with Gasteiger partial charge in [0, 0.05) is 38.0 Å². The van der Waals surface area contributed by atoms with Crippen molar-refractivity contribution >= 4 is 39.1 Å². The van der Waals surface area contributed by atoms with E-state index in [1.165, 1.54) is 11.4 Å². The van der Waals surface area contributed by atoms with Crippen molar-refractivity contribution in [2.45, 2.75) is 31.8 Å². The number of carbonyl (C=O) groups is 2. The third-order valence-electron chi connectivity index (χ3n) is 6.30. The summed E-state index contributed by atoms with van der Waals surface area (Å²) in [6.45, 7) is 0.310. The standard InChI is InChI=1S/C29H34ClN3O5S/c1-31-29(35)27(20-22-8-5-4-6-9-22)32(21-23-11-13-24(30)14-12-23)28(34)10-7-19-33(39(3,36)37)25-15-17-26(38-2)18-16-25/h4-6,8-9,11-18,27H,7,10,19-21H2,1-3H3,(H,31,35)/t27-/m0/s1. The van der Waals surface area contributed by atoms with E-state index in [0.29, 0.717) is 22.9 Å². The van der Waals surface area contributed by atoms with E-state index >= 15 is 0 Å². The highest BCUT2D eigenvalue weighted by Gasteiger charge is 2.30. The average Bonchev–Trinajstić information content (AvgIpc) is 2.93. The van der Waals surface area contributed by atoms with Gasteiger partial charge in [-0.1, -0.05) is 54.1 Å². The Morgan fingerprint density at radius 3 is 2.15 bits per heavy atom. The van der Waals surface area contributed by atoms with Crippen molar-refractivity contribution < 1.29 is 22.7 Å². The molecule has 0 fully saturated rings. The number of amides is 2. The molecular weight excluding hydrogens is 538 g/mol. The molecule has 0 bridgehead atoms. The number of ether oxygens (including phenoxy) is 1. The molecule has 8 nitrogen and oxygen atoms in total. The molecule has 0 aliphatic rings. The Hall–Kier alpha value is -3.56. The molecule has 208 valence electrons. The van der Waals surface area contributed by atoms with E-state index in [2.05, 4.69) is 5.32 Å². The Morgan fingerprint density at radius 2 is 1.59 bits per heavy atom. The lowest BCUT2D eigenvalue weighted by molar-refractivity contribution is -0.141. The molecule has 0 unspecified atom stereocenters. The third kappa shape index (κ3) is 8.73. The molecule has 2 amide bonds. The minimum Gasteiger partial charge on any atom is -0.497 e. The van der Waals surface area contributed by atoms with Crippen LogP contribution in [0, 0.1) is 0 Å². The van der Waals surface area contributed by atoms with E-state index in [0.717, 1.165) is 17.4 Å². The Balaban J connectivity index is 1.82. The summed E-state index contributed by atoms with van der Waals surface area (Å²) >= 11 is 6.05. The highest BCUT2D eigenvalue weighted by Crippen LogP contribution is 2.23. The molecule has 0 saturated heterocycles. The maximum absolute atomic E-state index is 13.7. The summed E-state index contributed by atoms with van der Waals surface area (Å²) in [6.07, 6.45) is 1.79. The van der Waals surface area contributed by atoms with Gasteiger partial charge in [-0.2, -0.15) is 0 Å². The molecular formula is C29H34ClN3O5S. The minimum atomic E-state index is -3.59. The zero-order chi connectivity index (χ0) is 28.4. The van der Waals surface area contributed by atoms with Crippen LogP contribution in [0.5, 0.6) is 5.75 Å². The van der Waals surface area contributed by atoms with Crippen molar-refractivity contribution in [3.05, 3.63) is 95.0 Å². The van der Waals surface area contributed by atoms with Crippen LogP contribution in [-0.2, 0) is 32.6 Å². The number of halogens is 1. The maximum atomic E-state index is 13.7. The Morgan fingerprint density at radius 1 is 0.949 bits per heavy atom. The monoisotopic (exact) mass is 571 g/mol. The summed E-state index contributed by atoms with van der Waals surface area (Å²) in [4.78, 5) is 28.2. The number of nitrogens with one attached hydrogen (secondary N) is 1. The van der Waals surface area contributed by atoms with Gasteiger partial charge in [-0.25, -0.2) is 8.42 Å². The molecule has 0 heterocycles. The Bertz CT molecular complexity index is 1330. The van der Waals surface area contributed by atoms with Crippen LogP contribution in [0.15, 0.2) is 78.9 Å². The van der Waals surface area contributed by atoms with Crippen molar-refractivity contribution in [3.63, 3.8) is 0 Å². The number of rotatable bonds is 13. The van der Waals surface area contributed by atoms with Gasteiger partial charge in [0.05, 0.1) is 19.1 Å². The molecule has 3 aromatic carbocycles. The summed E-state index contributed by atoms with van der Waals surface area (Å²) in [5.74, 6) is 0.0775. The number of carbonyl (C=O) groups excluding carboxylic acids is 2. The van der Waals surface area contributed by atoms with E-state index in [1.807, 2.05) is 42.5 Å². The lowest BCUT2D eigenvalue weighted by atomic mass is 10.0. The molecule has 10 heteroatoms. The summed E-state index contributed by atoms with van der Waals surface area (Å²) in [5, 5.41) is 3.26. The summed E-state index contributed by atoms with van der Waals surface area (Å²) in [5.41, 5.74) is 2.23. The lowest BCUT2D eigenvalue weighted by Crippen LogP contribution is -2.49. The first-order valence-corrected chi connectivity index (χ1v) is 14.8. The number of likely N-dealkylation sites (N-methyl/N-ethyl adjacent to an activating group) is 1. The second-order valence-electron chi connectivity index (χ2n) is 9.10. The van der Waals surface area contributed by atoms with Crippen LogP contribution < -0.4 is 14.4 Å². The zero-order valence-corrected chi connectivity index (χ0v) is 23.9. The van der Waals surface area contributed by atoms with Crippen molar-refractivity contribution in [2.75, 3.05) is 31.3 Å². The number of benzene rings is 3. The molecule has 1 atom stereocenters. The second kappa shape index (κ2) is 14.0. The fourth-order valence-corrected chi connectivity index (χ4v) is 5.35. The van der Waals surface area contributed by atoms with Gasteiger partial charge in [-0.3, -0.25) is 13.9 Å². The summed E-state index contributed by atoms with van der Waals surface area (Å²) in [7, 11) is -0.510. The highest BCUT2D eigenvalue weighted by atomic mass is 35.5. The van der Waals surface area contributed by atoms with Crippen LogP contribution in [0.2, 0.25) is 5.02 Å². The maximum Gasteiger partial charge on any atom is 0.242 e. The summed E-state index contributed by atoms with van der Waals surface area (Å²) in [6, 6.07) is 22.6. The first-order chi connectivity index (χ1) is 18.6. The van der Waals surface area contributed by atoms with Crippen molar-refractivity contribution in [1.29, 1.82) is 0 Å². The molecule has 0 spiro atoms. The van der Waals surface area contributed by atoms with E-state index in [9.17, 15) is 18.0 Å². The number of hydrogen-bond acceptors (Lipinski definition) is 5. The largest absolute Gasteiger partial charge is 0.497 e. The molecule has 0 saturated carbocycles. The molecule has 39 heavy (non-hydrogen) atoms. The van der Waals surface area contributed by atoms with Gasteiger partial charge in [0.1, 0.15) is 11.8 Å². The van der Waals surface area contributed by atoms with Crippen LogP contribution in [-0.4, -0.2) is 58.1 Å². The number of anilines is 1. The smallest absolute Gasteiger partial charge is 0.242 e. The predicted octanol–water partition coefficient (Wildman–Crippen LogP) is 4.28. The second-order valence-corrected chi connectivity index (χ2v) is 11.4. The molecule has 3 rings (SSSR count). The number of nitrogens with zero attached hydrogens (tertiary/aromatic N) is 2. The topological polar surface area (TPSA) is 96.0 Å². The van der Waals surface area contributed by atoms with Gasteiger partial charge in [-0.15, -0.1) is 0 Å². The van der Waals surface area contributed by atoms with Crippen molar-refractivity contribution in [1.82, 2.24) is 10.2 Å². The normalized spacial score (nSPS) is 11.9. The van der Waals surface area contributed by atoms with E-state index in [1.54, 1.807) is 48.3 Å². The third-order valence-corrected chi connectivity index (χ3v) is 7.74. The molecule has 0 aliphatic heterocycles. The zero-order valence-electron chi connectivity index (χ0n) is 22.3. The number of methoxy groups -OCH3 is 1. The first kappa shape index (κ1) is 30.0. The van der Waals surface area contributed by atoms with E-state index in [4.69, 9.17) is 16.3 Å². The van der Waals surface area contributed by atoms with Gasteiger partial charge in [0.15, 0.2) is 0 Å². The van der Waals surface area contributed by atoms with Crippen LogP contribution in [0.3, 0.4) is 0 Å². The van der Waals surface area contributed by atoms with Crippen molar-refractivity contribution in [2.24, 2.45) is 0 Å². The van der Waals surface area contributed by atoms with Crippen LogP contribution in [0.4, 0.5) is 5.69 Å². The van der Waals surface area contributed by atoms with E-state index in [-0.39, 0.29) is 37.7 Å². The van der Waals surface area contributed by atoms with Gasteiger partial charge < -0.3 is 15.0 Å². The quantitative estimate of drug-likeness (QED) is 0.330. The van der Waals surface area contributed by atoms with Crippen molar-refractivity contribution in [3.8, 4) is 5.75 Å². The summed E-state index contributed by atoms with van der Waals surface area (Å²) < 4.78 is 31.5. The highest BCUT2D eigenvalue weighted by molar-refractivity contribution is 7.92. The number of hydrogen-bond donors (Lipinski definition) is 1. The molecule has 0 radical (unpaired) electrons. The SMILES string of the molecule is CNC(=O)[C@H](Cc1ccccc1)N(Cc1ccc(Cl)cc1)C(=O)CCCN(c1ccc(OC)cc1)S(C)(=O)=O. The average molecular weight is 572 g/mol. The first-order valence-electron chi connectivity index (χ1n) is 12.5. The Labute approximate surface area is 235 Å². The fourth-order valence-electron chi connectivity index (χ4n) is 4.26. The lowest BCUT2D eigenvalue weighted by Gasteiger charge is -2.31. The fraction of sp³-hybridized carbons (Fsp3) is 0.310. The Kier molecular flexibility index (Phi) is 10.8. The molecule has 1 N–H and O–H groups in total. The number of sulfonamides is 1. The van der Waals surface area contributed by atoms with Gasteiger partial charge in [-0.05, 0) is 53.9 Å².